The first-order valence-electron chi connectivity index (χ1n) is 8.21. The second-order valence-electron chi connectivity index (χ2n) is 6.58. The van der Waals surface area contributed by atoms with E-state index in [4.69, 9.17) is 4.74 Å². The second kappa shape index (κ2) is 6.86. The van der Waals surface area contributed by atoms with Crippen LogP contribution >= 0.6 is 0 Å². The maximum atomic E-state index is 5.85. The van der Waals surface area contributed by atoms with Gasteiger partial charge in [0.15, 0.2) is 0 Å². The number of pyridine rings is 1. The summed E-state index contributed by atoms with van der Waals surface area (Å²) >= 11 is 0. The summed E-state index contributed by atoms with van der Waals surface area (Å²) in [6.45, 7) is 10.0. The van der Waals surface area contributed by atoms with Crippen molar-refractivity contribution >= 4 is 0 Å². The second-order valence-corrected chi connectivity index (χ2v) is 6.58. The van der Waals surface area contributed by atoms with E-state index in [9.17, 15) is 0 Å². The molecule has 0 aliphatic carbocycles. The molecule has 0 unspecified atom stereocenters. The fraction of sp³-hybridized carbons (Fsp3) is 0.706. The molecule has 0 saturated carbocycles. The molecule has 0 amide bonds. The van der Waals surface area contributed by atoms with E-state index >= 15 is 0 Å². The van der Waals surface area contributed by atoms with Crippen LogP contribution in [-0.2, 0) is 11.3 Å². The van der Waals surface area contributed by atoms with Gasteiger partial charge in [0.2, 0.25) is 0 Å². The van der Waals surface area contributed by atoms with E-state index in [0.717, 1.165) is 25.7 Å². The fourth-order valence-corrected chi connectivity index (χ4v) is 3.71. The Hall–Kier alpha value is -0.970. The van der Waals surface area contributed by atoms with E-state index in [1.165, 1.54) is 31.5 Å². The summed E-state index contributed by atoms with van der Waals surface area (Å²) in [4.78, 5) is 9.42. The first-order chi connectivity index (χ1) is 10.2. The zero-order chi connectivity index (χ0) is 14.7. The summed E-state index contributed by atoms with van der Waals surface area (Å²) in [6, 6.07) is 4.94. The Balaban J connectivity index is 1.48. The van der Waals surface area contributed by atoms with Crippen LogP contribution in [0.3, 0.4) is 0 Å². The lowest BCUT2D eigenvalue weighted by Crippen LogP contribution is -2.53. The van der Waals surface area contributed by atoms with E-state index in [2.05, 4.69) is 34.7 Å². The lowest BCUT2D eigenvalue weighted by atomic mass is 10.0. The predicted molar refractivity (Wildman–Crippen MR) is 84.1 cm³/mol. The van der Waals surface area contributed by atoms with Crippen LogP contribution in [0.5, 0.6) is 0 Å². The number of piperidine rings is 1. The minimum absolute atomic E-state index is 0.377. The van der Waals surface area contributed by atoms with E-state index in [-0.39, 0.29) is 0 Å². The molecule has 0 radical (unpaired) electrons. The molecular formula is C17H27N3O. The Kier molecular flexibility index (Phi) is 4.88. The molecule has 4 heteroatoms. The molecule has 116 valence electrons. The van der Waals surface area contributed by atoms with Crippen molar-refractivity contribution in [1.82, 2.24) is 14.8 Å². The molecule has 0 aromatic carbocycles. The largest absolute Gasteiger partial charge is 0.373 e. The van der Waals surface area contributed by atoms with Crippen molar-refractivity contribution in [3.05, 3.63) is 30.1 Å². The van der Waals surface area contributed by atoms with Crippen LogP contribution < -0.4 is 0 Å². The Morgan fingerprint density at radius 3 is 2.52 bits per heavy atom. The van der Waals surface area contributed by atoms with Gasteiger partial charge >= 0.3 is 0 Å². The fourth-order valence-electron chi connectivity index (χ4n) is 3.71. The Morgan fingerprint density at radius 1 is 1.19 bits per heavy atom. The highest BCUT2D eigenvalue weighted by molar-refractivity contribution is 5.08. The average Bonchev–Trinajstić information content (AvgIpc) is 2.48. The molecule has 1 aromatic heterocycles. The quantitative estimate of drug-likeness (QED) is 0.852. The van der Waals surface area contributed by atoms with Gasteiger partial charge in [-0.3, -0.25) is 14.8 Å². The number of hydrogen-bond acceptors (Lipinski definition) is 4. The van der Waals surface area contributed by atoms with Crippen molar-refractivity contribution in [2.45, 2.75) is 51.5 Å². The molecule has 0 bridgehead atoms. The van der Waals surface area contributed by atoms with E-state index in [0.29, 0.717) is 12.2 Å². The summed E-state index contributed by atoms with van der Waals surface area (Å²) in [5, 5.41) is 0. The van der Waals surface area contributed by atoms with Crippen molar-refractivity contribution in [2.24, 2.45) is 0 Å². The number of likely N-dealkylation sites (tertiary alicyclic amines) is 1. The predicted octanol–water partition coefficient (Wildman–Crippen LogP) is 2.16. The van der Waals surface area contributed by atoms with Gasteiger partial charge in [0.25, 0.3) is 0 Å². The molecule has 4 nitrogen and oxygen atoms in total. The first kappa shape index (κ1) is 14.9. The Labute approximate surface area is 128 Å². The highest BCUT2D eigenvalue weighted by Crippen LogP contribution is 2.22. The van der Waals surface area contributed by atoms with Crippen molar-refractivity contribution in [3.8, 4) is 0 Å². The monoisotopic (exact) mass is 289 g/mol. The normalized spacial score (nSPS) is 29.6. The van der Waals surface area contributed by atoms with E-state index in [1.807, 2.05) is 18.5 Å². The zero-order valence-corrected chi connectivity index (χ0v) is 13.2. The van der Waals surface area contributed by atoms with Gasteiger partial charge in [0.1, 0.15) is 0 Å². The number of aromatic nitrogens is 1. The standard InChI is InChI=1S/C17H27N3O/c1-14-11-20(12-15(2)21-14)17-5-8-19(9-6-17)13-16-4-3-7-18-10-16/h3-4,7,10,14-15,17H,5-6,8-9,11-13H2,1-2H3/t14-,15+. The summed E-state index contributed by atoms with van der Waals surface area (Å²) < 4.78 is 5.85. The maximum Gasteiger partial charge on any atom is 0.0678 e. The molecule has 1 aromatic rings. The number of hydrogen-bond donors (Lipinski definition) is 0. The highest BCUT2D eigenvalue weighted by atomic mass is 16.5. The van der Waals surface area contributed by atoms with Crippen LogP contribution in [0.2, 0.25) is 0 Å². The van der Waals surface area contributed by atoms with Crippen LogP contribution in [0.1, 0.15) is 32.3 Å². The van der Waals surface area contributed by atoms with Crippen LogP contribution in [-0.4, -0.2) is 59.2 Å². The molecule has 2 aliphatic rings. The molecule has 2 atom stereocenters. The van der Waals surface area contributed by atoms with Gasteiger partial charge in [-0.1, -0.05) is 6.07 Å². The zero-order valence-electron chi connectivity index (χ0n) is 13.2. The third kappa shape index (κ3) is 4.02. The third-order valence-electron chi connectivity index (χ3n) is 4.65. The lowest BCUT2D eigenvalue weighted by molar-refractivity contribution is -0.0865. The van der Waals surface area contributed by atoms with Crippen LogP contribution in [0.25, 0.3) is 0 Å². The first-order valence-corrected chi connectivity index (χ1v) is 8.21. The topological polar surface area (TPSA) is 28.6 Å². The van der Waals surface area contributed by atoms with Crippen LogP contribution in [0, 0.1) is 0 Å². The smallest absolute Gasteiger partial charge is 0.0678 e. The maximum absolute atomic E-state index is 5.85. The Morgan fingerprint density at radius 2 is 1.90 bits per heavy atom. The van der Waals surface area contributed by atoms with Crippen LogP contribution in [0.4, 0.5) is 0 Å². The summed E-state index contributed by atoms with van der Waals surface area (Å²) in [6.07, 6.45) is 7.14. The van der Waals surface area contributed by atoms with E-state index in [1.54, 1.807) is 0 Å². The number of morpholine rings is 1. The van der Waals surface area contributed by atoms with Gasteiger partial charge in [0, 0.05) is 38.1 Å². The van der Waals surface area contributed by atoms with Crippen LogP contribution in [0.15, 0.2) is 24.5 Å². The van der Waals surface area contributed by atoms with E-state index < -0.39 is 0 Å². The molecule has 2 saturated heterocycles. The van der Waals surface area contributed by atoms with Gasteiger partial charge in [0.05, 0.1) is 12.2 Å². The summed E-state index contributed by atoms with van der Waals surface area (Å²) in [7, 11) is 0. The number of rotatable bonds is 3. The van der Waals surface area contributed by atoms with Gasteiger partial charge in [-0.15, -0.1) is 0 Å². The third-order valence-corrected chi connectivity index (χ3v) is 4.65. The Bertz CT molecular complexity index is 421. The highest BCUT2D eigenvalue weighted by Gasteiger charge is 2.30. The summed E-state index contributed by atoms with van der Waals surface area (Å²) in [5.74, 6) is 0. The van der Waals surface area contributed by atoms with Crippen molar-refractivity contribution in [1.29, 1.82) is 0 Å². The average molecular weight is 289 g/mol. The lowest BCUT2D eigenvalue weighted by Gasteiger charge is -2.43. The SMILES string of the molecule is C[C@@H]1CN(C2CCN(Cc3cccnc3)CC2)C[C@H](C)O1. The minimum Gasteiger partial charge on any atom is -0.373 e. The molecule has 3 heterocycles. The van der Waals surface area contributed by atoms with Crippen molar-refractivity contribution in [3.63, 3.8) is 0 Å². The van der Waals surface area contributed by atoms with Gasteiger partial charge in [-0.2, -0.15) is 0 Å². The molecule has 21 heavy (non-hydrogen) atoms. The molecular weight excluding hydrogens is 262 g/mol. The van der Waals surface area contributed by atoms with Gasteiger partial charge in [-0.25, -0.2) is 0 Å². The molecule has 0 N–H and O–H groups in total. The molecule has 0 spiro atoms. The summed E-state index contributed by atoms with van der Waals surface area (Å²) in [5.41, 5.74) is 1.32. The number of ether oxygens (including phenoxy) is 1. The van der Waals surface area contributed by atoms with Gasteiger partial charge in [-0.05, 0) is 51.4 Å². The van der Waals surface area contributed by atoms with Crippen molar-refractivity contribution < 1.29 is 4.74 Å². The molecule has 3 rings (SSSR count). The van der Waals surface area contributed by atoms with Crippen molar-refractivity contribution in [2.75, 3.05) is 26.2 Å². The minimum atomic E-state index is 0.377. The molecule has 2 aliphatic heterocycles. The number of nitrogens with zero attached hydrogens (tertiary/aromatic N) is 3. The van der Waals surface area contributed by atoms with Gasteiger partial charge < -0.3 is 4.74 Å². The molecule has 2 fully saturated rings.